The predicted octanol–water partition coefficient (Wildman–Crippen LogP) is 3.39. The quantitative estimate of drug-likeness (QED) is 0.377. The molecule has 9 nitrogen and oxygen atoms in total. The van der Waals surface area contributed by atoms with Crippen LogP contribution in [-0.4, -0.2) is 41.3 Å². The van der Waals surface area contributed by atoms with E-state index in [2.05, 4.69) is 15.6 Å². The molecule has 0 bridgehead atoms. The molecular formula is C28H24N4O5. The van der Waals surface area contributed by atoms with Gasteiger partial charge in [0.25, 0.3) is 5.91 Å². The summed E-state index contributed by atoms with van der Waals surface area (Å²) in [6, 6.07) is 18.9. The number of aromatic nitrogens is 1. The van der Waals surface area contributed by atoms with E-state index in [9.17, 15) is 14.4 Å². The van der Waals surface area contributed by atoms with Gasteiger partial charge in [0, 0.05) is 37.1 Å². The Morgan fingerprint density at radius 3 is 2.70 bits per heavy atom. The first-order valence-electron chi connectivity index (χ1n) is 11.9. The molecule has 6 rings (SSSR count). The second-order valence-electron chi connectivity index (χ2n) is 9.35. The monoisotopic (exact) mass is 496 g/mol. The second kappa shape index (κ2) is 8.77. The molecule has 0 aliphatic carbocycles. The van der Waals surface area contributed by atoms with Gasteiger partial charge in [-0.3, -0.25) is 19.7 Å². The summed E-state index contributed by atoms with van der Waals surface area (Å²) >= 11 is 0. The smallest absolute Gasteiger partial charge is 0.254 e. The van der Waals surface area contributed by atoms with E-state index in [0.29, 0.717) is 41.3 Å². The summed E-state index contributed by atoms with van der Waals surface area (Å²) in [6.07, 6.45) is 1.51. The Bertz CT molecular complexity index is 1550. The van der Waals surface area contributed by atoms with Crippen molar-refractivity contribution in [1.82, 2.24) is 15.2 Å². The topological polar surface area (TPSA) is 114 Å². The zero-order valence-electron chi connectivity index (χ0n) is 20.1. The lowest BCUT2D eigenvalue weighted by Crippen LogP contribution is -2.46. The molecule has 0 unspecified atom stereocenters. The van der Waals surface area contributed by atoms with Crippen LogP contribution in [0.1, 0.15) is 33.7 Å². The lowest BCUT2D eigenvalue weighted by Gasteiger charge is -2.28. The summed E-state index contributed by atoms with van der Waals surface area (Å²) in [5.41, 5.74) is 2.25. The van der Waals surface area contributed by atoms with Gasteiger partial charge in [-0.05, 0) is 35.4 Å². The molecule has 2 aliphatic heterocycles. The molecule has 2 aromatic carbocycles. The Morgan fingerprint density at radius 2 is 1.95 bits per heavy atom. The average Bonchev–Trinajstić information content (AvgIpc) is 3.57. The fourth-order valence-corrected chi connectivity index (χ4v) is 5.09. The number of hydrogen-bond donors (Lipinski definition) is 2. The van der Waals surface area contributed by atoms with Gasteiger partial charge in [0.05, 0.1) is 18.9 Å². The molecule has 3 amide bonds. The summed E-state index contributed by atoms with van der Waals surface area (Å²) in [5, 5.41) is 6.50. The number of ether oxygens (including phenoxy) is 1. The van der Waals surface area contributed by atoms with Crippen LogP contribution in [0.4, 0.5) is 5.69 Å². The predicted molar refractivity (Wildman–Crippen MR) is 135 cm³/mol. The van der Waals surface area contributed by atoms with E-state index in [0.717, 1.165) is 16.8 Å². The van der Waals surface area contributed by atoms with E-state index in [1.807, 2.05) is 42.5 Å². The van der Waals surface area contributed by atoms with Gasteiger partial charge in [0.2, 0.25) is 17.5 Å². The van der Waals surface area contributed by atoms with Crippen LogP contribution in [0, 0.1) is 0 Å². The van der Waals surface area contributed by atoms with Crippen molar-refractivity contribution in [3.63, 3.8) is 0 Å². The van der Waals surface area contributed by atoms with Crippen LogP contribution in [0.2, 0.25) is 0 Å². The molecule has 4 aromatic rings. The van der Waals surface area contributed by atoms with E-state index in [1.54, 1.807) is 36.4 Å². The third kappa shape index (κ3) is 3.88. The molecule has 2 N–H and O–H groups in total. The van der Waals surface area contributed by atoms with Crippen molar-refractivity contribution in [3.8, 4) is 5.75 Å². The minimum atomic E-state index is -1.36. The minimum Gasteiger partial charge on any atom is -0.497 e. The summed E-state index contributed by atoms with van der Waals surface area (Å²) in [4.78, 5) is 44.9. The van der Waals surface area contributed by atoms with Crippen molar-refractivity contribution < 1.29 is 23.5 Å². The lowest BCUT2D eigenvalue weighted by atomic mass is 9.82. The Balaban J connectivity index is 1.34. The molecule has 0 saturated carbocycles. The van der Waals surface area contributed by atoms with Crippen molar-refractivity contribution in [2.45, 2.75) is 24.9 Å². The lowest BCUT2D eigenvalue weighted by molar-refractivity contribution is -0.127. The largest absolute Gasteiger partial charge is 0.497 e. The minimum absolute atomic E-state index is 0.00694. The van der Waals surface area contributed by atoms with Gasteiger partial charge in [-0.2, -0.15) is 0 Å². The van der Waals surface area contributed by atoms with Gasteiger partial charge >= 0.3 is 0 Å². The number of rotatable bonds is 7. The fraction of sp³-hybridized carbons (Fsp3) is 0.214. The highest BCUT2D eigenvalue weighted by molar-refractivity contribution is 6.10. The number of furan rings is 1. The third-order valence-corrected chi connectivity index (χ3v) is 7.04. The molecule has 2 aliphatic rings. The van der Waals surface area contributed by atoms with E-state index in [4.69, 9.17) is 9.15 Å². The highest BCUT2D eigenvalue weighted by Gasteiger charge is 2.53. The Labute approximate surface area is 212 Å². The molecule has 186 valence electrons. The van der Waals surface area contributed by atoms with Crippen LogP contribution in [-0.2, 0) is 28.1 Å². The van der Waals surface area contributed by atoms with Crippen LogP contribution < -0.4 is 15.4 Å². The molecule has 1 fully saturated rings. The van der Waals surface area contributed by atoms with Crippen LogP contribution in [0.3, 0.4) is 0 Å². The van der Waals surface area contributed by atoms with Gasteiger partial charge < -0.3 is 19.4 Å². The zero-order valence-corrected chi connectivity index (χ0v) is 20.1. The number of nitrogens with one attached hydrogen (secondary N) is 2. The number of carbonyl (C=O) groups excluding carboxylic acids is 3. The summed E-state index contributed by atoms with van der Waals surface area (Å²) in [6.45, 7) is 0.908. The average molecular weight is 497 g/mol. The Hall–Kier alpha value is -4.66. The van der Waals surface area contributed by atoms with Crippen molar-refractivity contribution in [2.24, 2.45) is 0 Å². The number of methoxy groups -OCH3 is 1. The molecule has 37 heavy (non-hydrogen) atoms. The number of fused-ring (bicyclic) bond motifs is 2. The van der Waals surface area contributed by atoms with Crippen molar-refractivity contribution in [1.29, 1.82) is 0 Å². The first-order valence-corrected chi connectivity index (χ1v) is 11.9. The number of hydrogen-bond acceptors (Lipinski definition) is 7. The van der Waals surface area contributed by atoms with Gasteiger partial charge in [-0.15, -0.1) is 0 Å². The third-order valence-electron chi connectivity index (χ3n) is 7.04. The molecular weight excluding hydrogens is 472 g/mol. The molecule has 0 spiro atoms. The van der Waals surface area contributed by atoms with Crippen LogP contribution in [0.5, 0.6) is 5.75 Å². The summed E-state index contributed by atoms with van der Waals surface area (Å²) in [7, 11) is 1.54. The number of imide groups is 1. The molecule has 0 radical (unpaired) electrons. The van der Waals surface area contributed by atoms with E-state index < -0.39 is 17.2 Å². The molecule has 1 atom stereocenters. The van der Waals surface area contributed by atoms with Gasteiger partial charge in [0.1, 0.15) is 16.9 Å². The Kier molecular flexibility index (Phi) is 5.40. The van der Waals surface area contributed by atoms with Gasteiger partial charge in [-0.1, -0.05) is 36.4 Å². The summed E-state index contributed by atoms with van der Waals surface area (Å²) in [5.74, 6) is -0.242. The maximum atomic E-state index is 13.3. The second-order valence-corrected chi connectivity index (χ2v) is 9.35. The Morgan fingerprint density at radius 1 is 1.11 bits per heavy atom. The molecule has 4 heterocycles. The zero-order chi connectivity index (χ0) is 25.6. The van der Waals surface area contributed by atoms with Crippen LogP contribution >= 0.6 is 0 Å². The SMILES string of the molecule is COc1ccc2c(c1)C(=O)N(C[C@@]1(c3cc4c(NCc5ccccc5)ccnc4o3)CC(=O)NC1=O)C2. The fourth-order valence-electron chi connectivity index (χ4n) is 5.09. The van der Waals surface area contributed by atoms with Crippen molar-refractivity contribution >= 4 is 34.5 Å². The first kappa shape index (κ1) is 22.8. The molecule has 9 heteroatoms. The molecule has 1 saturated heterocycles. The standard InChI is InChI=1S/C28H24N4O5/c1-36-19-8-7-18-15-32(26(34)20(18)11-19)16-28(13-24(33)31-27(28)35)23-12-21-22(9-10-29-25(21)37-23)30-14-17-5-3-2-4-6-17/h2-12H,13-16H2,1H3,(H,29,30)(H,31,33,35)/t28-/m1/s1. The number of carbonyl (C=O) groups is 3. The highest BCUT2D eigenvalue weighted by atomic mass is 16.5. The number of amides is 3. The van der Waals surface area contributed by atoms with Gasteiger partial charge in [-0.25, -0.2) is 4.98 Å². The number of nitrogens with zero attached hydrogens (tertiary/aromatic N) is 2. The van der Waals surface area contributed by atoms with E-state index in [-0.39, 0.29) is 18.9 Å². The first-order chi connectivity index (χ1) is 18.0. The number of anilines is 1. The van der Waals surface area contributed by atoms with Crippen LogP contribution in [0.15, 0.2) is 71.3 Å². The molecule has 2 aromatic heterocycles. The number of pyridine rings is 1. The van der Waals surface area contributed by atoms with Crippen molar-refractivity contribution in [3.05, 3.63) is 89.3 Å². The highest BCUT2D eigenvalue weighted by Crippen LogP contribution is 2.40. The van der Waals surface area contributed by atoms with E-state index >= 15 is 0 Å². The summed E-state index contributed by atoms with van der Waals surface area (Å²) < 4.78 is 11.4. The van der Waals surface area contributed by atoms with Crippen LogP contribution in [0.25, 0.3) is 11.1 Å². The maximum absolute atomic E-state index is 13.3. The maximum Gasteiger partial charge on any atom is 0.254 e. The van der Waals surface area contributed by atoms with Crippen molar-refractivity contribution in [2.75, 3.05) is 19.0 Å². The number of benzene rings is 2. The van der Waals surface area contributed by atoms with Gasteiger partial charge in [0.15, 0.2) is 0 Å². The van der Waals surface area contributed by atoms with E-state index in [1.165, 1.54) is 0 Å². The normalized spacial score (nSPS) is 18.8.